The van der Waals surface area contributed by atoms with Crippen LogP contribution >= 0.6 is 0 Å². The maximum atomic E-state index is 11.8. The molecule has 4 saturated carbocycles. The fourth-order valence-electron chi connectivity index (χ4n) is 9.44. The number of aliphatic hydroxyl groups is 1. The van der Waals surface area contributed by atoms with Crippen molar-refractivity contribution in [1.82, 2.24) is 0 Å². The van der Waals surface area contributed by atoms with Crippen LogP contribution in [0.1, 0.15) is 112 Å². The van der Waals surface area contributed by atoms with Crippen molar-refractivity contribution >= 4 is 0 Å². The Labute approximate surface area is 186 Å². The van der Waals surface area contributed by atoms with Gasteiger partial charge in [-0.3, -0.25) is 0 Å². The van der Waals surface area contributed by atoms with Crippen LogP contribution in [0.4, 0.5) is 0 Å². The Balaban J connectivity index is 1.48. The van der Waals surface area contributed by atoms with Crippen molar-refractivity contribution in [2.24, 2.45) is 46.3 Å². The van der Waals surface area contributed by atoms with E-state index in [-0.39, 0.29) is 11.5 Å². The molecule has 0 saturated heterocycles. The van der Waals surface area contributed by atoms with Crippen LogP contribution in [-0.4, -0.2) is 23.9 Å². The molecule has 9 atom stereocenters. The van der Waals surface area contributed by atoms with Gasteiger partial charge in [-0.05, 0) is 97.7 Å². The normalized spacial score (nSPS) is 49.4. The second-order valence-electron chi connectivity index (χ2n) is 13.0. The quantitative estimate of drug-likeness (QED) is 0.492. The van der Waals surface area contributed by atoms with Gasteiger partial charge in [0.1, 0.15) is 0 Å². The van der Waals surface area contributed by atoms with Crippen molar-refractivity contribution in [3.8, 4) is 0 Å². The number of hydrogen-bond acceptors (Lipinski definition) is 2. The van der Waals surface area contributed by atoms with Gasteiger partial charge in [-0.1, -0.05) is 53.9 Å². The second kappa shape index (κ2) is 8.36. The molecule has 0 bridgehead atoms. The van der Waals surface area contributed by atoms with Crippen molar-refractivity contribution in [3.05, 3.63) is 0 Å². The highest BCUT2D eigenvalue weighted by Crippen LogP contribution is 2.69. The van der Waals surface area contributed by atoms with Crippen LogP contribution in [0.3, 0.4) is 0 Å². The monoisotopic (exact) mass is 418 g/mol. The number of ether oxygens (including phenoxy) is 1. The summed E-state index contributed by atoms with van der Waals surface area (Å²) in [5, 5.41) is 11.8. The zero-order chi connectivity index (χ0) is 21.7. The number of rotatable bonds is 6. The lowest BCUT2D eigenvalue weighted by Crippen LogP contribution is -2.63. The zero-order valence-corrected chi connectivity index (χ0v) is 20.9. The molecule has 4 aliphatic carbocycles. The Hall–Kier alpha value is -0.0800. The van der Waals surface area contributed by atoms with Crippen molar-refractivity contribution in [1.29, 1.82) is 0 Å². The first-order chi connectivity index (χ1) is 14.1. The molecule has 0 heterocycles. The molecular formula is C28H50O2. The molecule has 0 aromatic heterocycles. The zero-order valence-electron chi connectivity index (χ0n) is 20.9. The van der Waals surface area contributed by atoms with Crippen molar-refractivity contribution in [2.75, 3.05) is 7.11 Å². The number of hydrogen-bond donors (Lipinski definition) is 1. The predicted octanol–water partition coefficient (Wildman–Crippen LogP) is 7.24. The van der Waals surface area contributed by atoms with E-state index in [0.29, 0.717) is 5.41 Å². The highest BCUT2D eigenvalue weighted by atomic mass is 16.5. The van der Waals surface area contributed by atoms with Gasteiger partial charge in [-0.2, -0.15) is 0 Å². The second-order valence-corrected chi connectivity index (χ2v) is 13.0. The van der Waals surface area contributed by atoms with E-state index in [9.17, 15) is 5.11 Å². The average Bonchev–Trinajstić information content (AvgIpc) is 3.05. The van der Waals surface area contributed by atoms with Gasteiger partial charge < -0.3 is 9.84 Å². The van der Waals surface area contributed by atoms with E-state index >= 15 is 0 Å². The molecule has 0 radical (unpaired) electrons. The lowest BCUT2D eigenvalue weighted by atomic mass is 9.43. The molecule has 4 rings (SSSR count). The maximum absolute atomic E-state index is 11.8. The van der Waals surface area contributed by atoms with Crippen molar-refractivity contribution in [3.63, 3.8) is 0 Å². The third kappa shape index (κ3) is 3.60. The summed E-state index contributed by atoms with van der Waals surface area (Å²) < 4.78 is 5.70. The molecule has 2 heteroatoms. The summed E-state index contributed by atoms with van der Waals surface area (Å²) in [5.41, 5.74) is 0.157. The molecule has 0 spiro atoms. The third-order valence-corrected chi connectivity index (χ3v) is 11.3. The minimum atomic E-state index is -0.497. The molecule has 0 aliphatic heterocycles. The Morgan fingerprint density at radius 3 is 2.37 bits per heavy atom. The highest BCUT2D eigenvalue weighted by molar-refractivity contribution is 5.14. The van der Waals surface area contributed by atoms with Gasteiger partial charge in [0.05, 0.1) is 11.7 Å². The topological polar surface area (TPSA) is 29.5 Å². The minimum Gasteiger partial charge on any atom is -0.389 e. The van der Waals surface area contributed by atoms with Gasteiger partial charge in [0, 0.05) is 13.5 Å². The Kier molecular flexibility index (Phi) is 6.44. The van der Waals surface area contributed by atoms with Crippen LogP contribution in [0.15, 0.2) is 0 Å². The standard InChI is InChI=1S/C28H50O2/c1-19(2)8-7-9-20(3)23-10-11-24-22-13-17-28(29)18-21(30-6)12-16-27(28,5)25(22)14-15-26(23,24)4/h19-25,29H,7-18H2,1-6H3. The van der Waals surface area contributed by atoms with Crippen LogP contribution in [-0.2, 0) is 4.74 Å². The summed E-state index contributed by atoms with van der Waals surface area (Å²) in [6, 6.07) is 0. The summed E-state index contributed by atoms with van der Waals surface area (Å²) in [6.07, 6.45) is 15.6. The van der Waals surface area contributed by atoms with Gasteiger partial charge in [0.15, 0.2) is 0 Å². The third-order valence-electron chi connectivity index (χ3n) is 11.3. The smallest absolute Gasteiger partial charge is 0.0728 e. The molecule has 4 fully saturated rings. The highest BCUT2D eigenvalue weighted by Gasteiger charge is 2.64. The lowest BCUT2D eigenvalue weighted by molar-refractivity contribution is -0.222. The van der Waals surface area contributed by atoms with Crippen LogP contribution in [0, 0.1) is 46.3 Å². The molecule has 1 N–H and O–H groups in total. The average molecular weight is 419 g/mol. The molecular weight excluding hydrogens is 368 g/mol. The molecule has 0 aromatic carbocycles. The first-order valence-corrected chi connectivity index (χ1v) is 13.4. The van der Waals surface area contributed by atoms with E-state index in [1.807, 2.05) is 7.11 Å². The number of fused-ring (bicyclic) bond motifs is 5. The van der Waals surface area contributed by atoms with Crippen LogP contribution < -0.4 is 0 Å². The van der Waals surface area contributed by atoms with E-state index in [0.717, 1.165) is 61.2 Å². The molecule has 2 nitrogen and oxygen atoms in total. The molecule has 4 aliphatic rings. The Bertz CT molecular complexity index is 601. The van der Waals surface area contributed by atoms with E-state index in [1.54, 1.807) is 0 Å². The predicted molar refractivity (Wildman–Crippen MR) is 125 cm³/mol. The summed E-state index contributed by atoms with van der Waals surface area (Å²) >= 11 is 0. The first-order valence-electron chi connectivity index (χ1n) is 13.4. The maximum Gasteiger partial charge on any atom is 0.0728 e. The Morgan fingerprint density at radius 2 is 1.67 bits per heavy atom. The van der Waals surface area contributed by atoms with E-state index < -0.39 is 5.60 Å². The molecule has 0 aromatic rings. The fourth-order valence-corrected chi connectivity index (χ4v) is 9.44. The van der Waals surface area contributed by atoms with E-state index in [1.165, 1.54) is 51.4 Å². The van der Waals surface area contributed by atoms with Crippen LogP contribution in [0.2, 0.25) is 0 Å². The Morgan fingerprint density at radius 1 is 0.900 bits per heavy atom. The van der Waals surface area contributed by atoms with Gasteiger partial charge in [-0.15, -0.1) is 0 Å². The summed E-state index contributed by atoms with van der Waals surface area (Å²) in [4.78, 5) is 0. The fraction of sp³-hybridized carbons (Fsp3) is 1.00. The summed E-state index contributed by atoms with van der Waals surface area (Å²) in [6.45, 7) is 12.4. The first kappa shape index (κ1) is 23.1. The largest absolute Gasteiger partial charge is 0.389 e. The number of methoxy groups -OCH3 is 1. The summed E-state index contributed by atoms with van der Waals surface area (Å²) in [7, 11) is 1.83. The van der Waals surface area contributed by atoms with Crippen LogP contribution in [0.25, 0.3) is 0 Å². The summed E-state index contributed by atoms with van der Waals surface area (Å²) in [5.74, 6) is 5.12. The molecule has 9 unspecified atom stereocenters. The van der Waals surface area contributed by atoms with E-state index in [2.05, 4.69) is 34.6 Å². The molecule has 174 valence electrons. The van der Waals surface area contributed by atoms with Crippen molar-refractivity contribution in [2.45, 2.75) is 123 Å². The van der Waals surface area contributed by atoms with Gasteiger partial charge in [-0.25, -0.2) is 0 Å². The van der Waals surface area contributed by atoms with Crippen molar-refractivity contribution < 1.29 is 9.84 Å². The van der Waals surface area contributed by atoms with E-state index in [4.69, 9.17) is 4.74 Å². The SMILES string of the molecule is COC1CCC2(C)C3CCC4(C)C(C(C)CCCC(C)C)CCC4C3CCC2(O)C1. The molecule has 30 heavy (non-hydrogen) atoms. The molecule has 0 amide bonds. The lowest BCUT2D eigenvalue weighted by Gasteiger charge is -2.64. The minimum absolute atomic E-state index is 0.104. The van der Waals surface area contributed by atoms with Gasteiger partial charge in [0.25, 0.3) is 0 Å². The van der Waals surface area contributed by atoms with Crippen LogP contribution in [0.5, 0.6) is 0 Å². The van der Waals surface area contributed by atoms with Gasteiger partial charge in [0.2, 0.25) is 0 Å². The van der Waals surface area contributed by atoms with Gasteiger partial charge >= 0.3 is 0 Å².